The zero-order valence-corrected chi connectivity index (χ0v) is 20.0. The molecule has 0 saturated carbocycles. The number of ether oxygens (including phenoxy) is 3. The van der Waals surface area contributed by atoms with Gasteiger partial charge in [0.2, 0.25) is 0 Å². The summed E-state index contributed by atoms with van der Waals surface area (Å²) in [5, 5.41) is 0. The van der Waals surface area contributed by atoms with Crippen molar-refractivity contribution in [2.24, 2.45) is 0 Å². The Labute approximate surface area is 198 Å². The lowest BCUT2D eigenvalue weighted by molar-refractivity contribution is -0.146. The number of hydrogen-bond donors (Lipinski definition) is 0. The number of hydrogen-bond acceptors (Lipinski definition) is 5. The van der Waals surface area contributed by atoms with Gasteiger partial charge in [0.25, 0.3) is 0 Å². The van der Waals surface area contributed by atoms with E-state index in [0.717, 1.165) is 22.6 Å². The summed E-state index contributed by atoms with van der Waals surface area (Å²) in [6.45, 7) is 3.67. The van der Waals surface area contributed by atoms with Crippen molar-refractivity contribution in [2.75, 3.05) is 26.2 Å². The van der Waals surface area contributed by atoms with Crippen molar-refractivity contribution in [1.82, 2.24) is 0 Å². The molecule has 180 valence electrons. The second kappa shape index (κ2) is 10.5. The van der Waals surface area contributed by atoms with Crippen LogP contribution >= 0.6 is 0 Å². The fourth-order valence-corrected chi connectivity index (χ4v) is 3.84. The van der Waals surface area contributed by atoms with E-state index >= 15 is 8.78 Å². The van der Waals surface area contributed by atoms with Gasteiger partial charge in [-0.3, -0.25) is 4.79 Å². The van der Waals surface area contributed by atoms with E-state index < -0.39 is 23.0 Å². The van der Waals surface area contributed by atoms with Crippen LogP contribution in [0.2, 0.25) is 0 Å². The van der Waals surface area contributed by atoms with Crippen LogP contribution in [0.15, 0.2) is 60.7 Å². The highest BCUT2D eigenvalue weighted by Crippen LogP contribution is 2.34. The molecule has 0 radical (unpaired) electrons. The first kappa shape index (κ1) is 25.0. The first-order valence-corrected chi connectivity index (χ1v) is 10.8. The molecule has 0 heterocycles. The highest BCUT2D eigenvalue weighted by Gasteiger charge is 2.37. The predicted octanol–water partition coefficient (Wildman–Crippen LogP) is 5.64. The van der Waals surface area contributed by atoms with Crippen LogP contribution in [0.25, 0.3) is 0 Å². The summed E-state index contributed by atoms with van der Waals surface area (Å²) in [6, 6.07) is 17.5. The normalized spacial score (nSPS) is 11.1. The fraction of sp³-hybridized carbons (Fsp3) is 0.296. The van der Waals surface area contributed by atoms with E-state index in [9.17, 15) is 4.79 Å². The molecular formula is C27H29F2NO4. The minimum absolute atomic E-state index is 0.322. The summed E-state index contributed by atoms with van der Waals surface area (Å²) >= 11 is 0. The Bertz CT molecular complexity index is 1060. The van der Waals surface area contributed by atoms with Crippen molar-refractivity contribution < 1.29 is 27.8 Å². The van der Waals surface area contributed by atoms with Crippen LogP contribution in [0.4, 0.5) is 14.5 Å². The lowest BCUT2D eigenvalue weighted by Crippen LogP contribution is -2.33. The molecule has 0 N–H and O–H groups in total. The molecule has 34 heavy (non-hydrogen) atoms. The molecule has 0 amide bonds. The van der Waals surface area contributed by atoms with Crippen LogP contribution in [0.3, 0.4) is 0 Å². The van der Waals surface area contributed by atoms with Crippen LogP contribution in [0, 0.1) is 11.6 Å². The van der Waals surface area contributed by atoms with Crippen molar-refractivity contribution in [3.05, 3.63) is 89.0 Å². The maximum atomic E-state index is 15.2. The maximum Gasteiger partial charge on any atom is 0.315 e. The number of methoxy groups -OCH3 is 3. The van der Waals surface area contributed by atoms with Crippen LogP contribution in [0.5, 0.6) is 11.5 Å². The van der Waals surface area contributed by atoms with Gasteiger partial charge in [0, 0.05) is 24.3 Å². The van der Waals surface area contributed by atoms with Crippen molar-refractivity contribution in [3.8, 4) is 11.5 Å². The van der Waals surface area contributed by atoms with Crippen molar-refractivity contribution in [3.63, 3.8) is 0 Å². The minimum atomic E-state index is -1.47. The minimum Gasteiger partial charge on any atom is -0.497 e. The van der Waals surface area contributed by atoms with Gasteiger partial charge < -0.3 is 19.1 Å². The summed E-state index contributed by atoms with van der Waals surface area (Å²) in [7, 11) is 4.38. The monoisotopic (exact) mass is 469 g/mol. The van der Waals surface area contributed by atoms with Gasteiger partial charge in [-0.15, -0.1) is 0 Å². The highest BCUT2D eigenvalue weighted by atomic mass is 19.1. The van der Waals surface area contributed by atoms with Gasteiger partial charge in [-0.1, -0.05) is 24.3 Å². The zero-order valence-electron chi connectivity index (χ0n) is 20.0. The number of nitrogens with zero attached hydrogens (tertiary/aromatic N) is 1. The third kappa shape index (κ3) is 5.47. The lowest BCUT2D eigenvalue weighted by Gasteiger charge is -2.28. The molecule has 0 atom stereocenters. The summed E-state index contributed by atoms with van der Waals surface area (Å²) in [4.78, 5) is 14.0. The quantitative estimate of drug-likeness (QED) is 0.380. The molecule has 0 aromatic heterocycles. The average Bonchev–Trinajstić information content (AvgIpc) is 2.83. The zero-order chi connectivity index (χ0) is 24.9. The van der Waals surface area contributed by atoms with Gasteiger partial charge >= 0.3 is 5.97 Å². The SMILES string of the molecule is COC(=O)C(C)(C)c1c(F)cc(N(Cc2ccc(OC)cc2)Cc2ccc(OC)cc2)cc1F. The Morgan fingerprint density at radius 3 is 1.56 bits per heavy atom. The summed E-state index contributed by atoms with van der Waals surface area (Å²) in [6.07, 6.45) is 0. The second-order valence-corrected chi connectivity index (χ2v) is 8.45. The molecule has 3 aromatic rings. The third-order valence-electron chi connectivity index (χ3n) is 5.78. The van der Waals surface area contributed by atoms with E-state index in [4.69, 9.17) is 14.2 Å². The van der Waals surface area contributed by atoms with Crippen LogP contribution < -0.4 is 14.4 Å². The van der Waals surface area contributed by atoms with Gasteiger partial charge in [-0.2, -0.15) is 0 Å². The summed E-state index contributed by atoms with van der Waals surface area (Å²) in [5.74, 6) is -0.889. The molecule has 5 nitrogen and oxygen atoms in total. The van der Waals surface area contributed by atoms with E-state index in [-0.39, 0.29) is 5.56 Å². The molecule has 0 saturated heterocycles. The highest BCUT2D eigenvalue weighted by molar-refractivity contribution is 5.82. The molecule has 3 aromatic carbocycles. The maximum absolute atomic E-state index is 15.2. The molecule has 0 unspecified atom stereocenters. The number of esters is 1. The van der Waals surface area contributed by atoms with Crippen LogP contribution in [-0.4, -0.2) is 27.3 Å². The third-order valence-corrected chi connectivity index (χ3v) is 5.78. The Hall–Kier alpha value is -3.61. The molecule has 0 bridgehead atoms. The second-order valence-electron chi connectivity index (χ2n) is 8.45. The lowest BCUT2D eigenvalue weighted by atomic mass is 9.83. The van der Waals surface area contributed by atoms with Gasteiger partial charge in [-0.25, -0.2) is 8.78 Å². The molecule has 0 aliphatic heterocycles. The van der Waals surface area contributed by atoms with Gasteiger partial charge in [-0.05, 0) is 61.4 Å². The summed E-state index contributed by atoms with van der Waals surface area (Å²) < 4.78 is 45.6. The van der Waals surface area contributed by atoms with E-state index in [2.05, 4.69) is 0 Å². The number of anilines is 1. The van der Waals surface area contributed by atoms with Crippen molar-refractivity contribution in [2.45, 2.75) is 32.4 Å². The Morgan fingerprint density at radius 2 is 1.21 bits per heavy atom. The topological polar surface area (TPSA) is 48.0 Å². The van der Waals surface area contributed by atoms with Crippen LogP contribution in [-0.2, 0) is 28.0 Å². The smallest absolute Gasteiger partial charge is 0.315 e. The Balaban J connectivity index is 2.00. The molecule has 0 spiro atoms. The number of halogens is 2. The fourth-order valence-electron chi connectivity index (χ4n) is 3.84. The Morgan fingerprint density at radius 1 is 0.794 bits per heavy atom. The number of rotatable bonds is 9. The van der Waals surface area contributed by atoms with Crippen LogP contribution in [0.1, 0.15) is 30.5 Å². The van der Waals surface area contributed by atoms with Crippen molar-refractivity contribution >= 4 is 11.7 Å². The number of carbonyl (C=O) groups is 1. The predicted molar refractivity (Wildman–Crippen MR) is 127 cm³/mol. The molecular weight excluding hydrogens is 440 g/mol. The first-order valence-electron chi connectivity index (χ1n) is 10.8. The molecule has 0 fully saturated rings. The van der Waals surface area contributed by atoms with E-state index in [1.807, 2.05) is 53.4 Å². The number of carbonyl (C=O) groups excluding carboxylic acids is 1. The number of benzene rings is 3. The molecule has 7 heteroatoms. The molecule has 0 aliphatic rings. The van der Waals surface area contributed by atoms with Crippen molar-refractivity contribution in [1.29, 1.82) is 0 Å². The van der Waals surface area contributed by atoms with E-state index in [1.54, 1.807) is 14.2 Å². The largest absolute Gasteiger partial charge is 0.497 e. The Kier molecular flexibility index (Phi) is 7.76. The van der Waals surface area contributed by atoms with E-state index in [1.165, 1.54) is 33.1 Å². The van der Waals surface area contributed by atoms with Gasteiger partial charge in [0.1, 0.15) is 23.1 Å². The van der Waals surface area contributed by atoms with Gasteiger partial charge in [0.05, 0.1) is 26.7 Å². The molecule has 0 aliphatic carbocycles. The van der Waals surface area contributed by atoms with Gasteiger partial charge in [0.15, 0.2) is 0 Å². The van der Waals surface area contributed by atoms with E-state index in [0.29, 0.717) is 18.8 Å². The standard InChI is InChI=1S/C27H29F2NO4/c1-27(2,26(31)34-5)25-23(28)14-20(15-24(25)29)30(16-18-6-10-21(32-3)11-7-18)17-19-8-12-22(33-4)13-9-19/h6-15H,16-17H2,1-5H3. The molecule has 3 rings (SSSR count). The summed E-state index contributed by atoms with van der Waals surface area (Å²) in [5.41, 5.74) is 0.435. The average molecular weight is 470 g/mol. The first-order chi connectivity index (χ1) is 16.2.